The van der Waals surface area contributed by atoms with Gasteiger partial charge in [0.2, 0.25) is 0 Å². The lowest BCUT2D eigenvalue weighted by Crippen LogP contribution is -2.06. The molecule has 0 spiro atoms. The van der Waals surface area contributed by atoms with Crippen molar-refractivity contribution in [1.82, 2.24) is 14.3 Å². The molecule has 0 radical (unpaired) electrons. The molecule has 4 heteroatoms. The Morgan fingerprint density at radius 3 is 2.83 bits per heavy atom. The minimum absolute atomic E-state index is 0.869. The molecule has 18 heavy (non-hydrogen) atoms. The maximum absolute atomic E-state index is 5.36. The molecule has 3 aromatic rings. The fourth-order valence-corrected chi connectivity index (χ4v) is 2.21. The van der Waals surface area contributed by atoms with Crippen LogP contribution in [-0.4, -0.2) is 21.5 Å². The van der Waals surface area contributed by atoms with Crippen LogP contribution in [0, 0.1) is 0 Å². The number of benzene rings is 1. The maximum atomic E-state index is 5.36. The largest absolute Gasteiger partial charge is 0.496 e. The van der Waals surface area contributed by atoms with E-state index in [-0.39, 0.29) is 0 Å². The Labute approximate surface area is 105 Å². The zero-order valence-electron chi connectivity index (χ0n) is 10.3. The number of methoxy groups -OCH3 is 1. The molecule has 3 rings (SSSR count). The molecule has 0 aliphatic carbocycles. The molecule has 0 aliphatic rings. The minimum Gasteiger partial charge on any atom is -0.496 e. The van der Waals surface area contributed by atoms with Gasteiger partial charge in [0.15, 0.2) is 0 Å². The van der Waals surface area contributed by atoms with Gasteiger partial charge in [0.1, 0.15) is 5.75 Å². The highest BCUT2D eigenvalue weighted by Crippen LogP contribution is 2.26. The number of aromatic nitrogens is 3. The molecular weight excluding hydrogens is 226 g/mol. The number of hydrogen-bond donors (Lipinski definition) is 0. The van der Waals surface area contributed by atoms with Gasteiger partial charge in [-0.3, -0.25) is 4.68 Å². The molecule has 92 valence electrons. The van der Waals surface area contributed by atoms with Gasteiger partial charge in [-0.1, -0.05) is 6.07 Å². The lowest BCUT2D eigenvalue weighted by atomic mass is 10.2. The van der Waals surface area contributed by atoms with Crippen LogP contribution in [0.2, 0.25) is 0 Å². The molecule has 0 atom stereocenters. The number of nitrogens with zero attached hydrogens (tertiary/aromatic N) is 3. The molecule has 2 aromatic heterocycles. The second-order valence-electron chi connectivity index (χ2n) is 4.17. The zero-order valence-corrected chi connectivity index (χ0v) is 10.3. The Kier molecular flexibility index (Phi) is 2.76. The lowest BCUT2D eigenvalue weighted by molar-refractivity contribution is 0.420. The second kappa shape index (κ2) is 4.56. The van der Waals surface area contributed by atoms with E-state index in [0.717, 1.165) is 24.2 Å². The topological polar surface area (TPSA) is 32.0 Å². The van der Waals surface area contributed by atoms with E-state index in [4.69, 9.17) is 4.74 Å². The number of rotatable bonds is 4. The summed E-state index contributed by atoms with van der Waals surface area (Å²) in [6.07, 6.45) is 5.87. The van der Waals surface area contributed by atoms with Crippen LogP contribution >= 0.6 is 0 Å². The van der Waals surface area contributed by atoms with E-state index in [2.05, 4.69) is 28.0 Å². The summed E-state index contributed by atoms with van der Waals surface area (Å²) < 4.78 is 9.52. The van der Waals surface area contributed by atoms with E-state index in [1.165, 1.54) is 5.52 Å². The Balaban J connectivity index is 1.88. The third-order valence-electron chi connectivity index (χ3n) is 3.12. The first-order chi connectivity index (χ1) is 8.88. The summed E-state index contributed by atoms with van der Waals surface area (Å²) >= 11 is 0. The Bertz CT molecular complexity index is 640. The highest BCUT2D eigenvalue weighted by Gasteiger charge is 2.05. The smallest absolute Gasteiger partial charge is 0.128 e. The van der Waals surface area contributed by atoms with E-state index in [1.54, 1.807) is 13.3 Å². The van der Waals surface area contributed by atoms with Crippen LogP contribution in [-0.2, 0) is 13.1 Å². The van der Waals surface area contributed by atoms with Gasteiger partial charge < -0.3 is 9.30 Å². The number of hydrogen-bond acceptors (Lipinski definition) is 2. The van der Waals surface area contributed by atoms with E-state index in [0.29, 0.717) is 0 Å². The van der Waals surface area contributed by atoms with Crippen molar-refractivity contribution in [2.75, 3.05) is 7.11 Å². The van der Waals surface area contributed by atoms with E-state index < -0.39 is 0 Å². The summed E-state index contributed by atoms with van der Waals surface area (Å²) in [7, 11) is 1.70. The summed E-state index contributed by atoms with van der Waals surface area (Å²) in [5.41, 5.74) is 1.20. The molecule has 0 amide bonds. The van der Waals surface area contributed by atoms with Crippen LogP contribution in [0.3, 0.4) is 0 Å². The third-order valence-corrected chi connectivity index (χ3v) is 3.12. The van der Waals surface area contributed by atoms with Gasteiger partial charge in [-0.2, -0.15) is 5.10 Å². The molecule has 1 aromatic carbocycles. The highest BCUT2D eigenvalue weighted by atomic mass is 16.5. The summed E-state index contributed by atoms with van der Waals surface area (Å²) in [6, 6.07) is 10.2. The molecule has 0 N–H and O–H groups in total. The first kappa shape index (κ1) is 10.9. The predicted octanol–water partition coefficient (Wildman–Crippen LogP) is 2.55. The van der Waals surface area contributed by atoms with Crippen molar-refractivity contribution in [1.29, 1.82) is 0 Å². The quantitative estimate of drug-likeness (QED) is 0.703. The van der Waals surface area contributed by atoms with Crippen molar-refractivity contribution in [3.05, 3.63) is 48.9 Å². The van der Waals surface area contributed by atoms with E-state index in [1.807, 2.05) is 29.1 Å². The normalized spacial score (nSPS) is 10.9. The summed E-state index contributed by atoms with van der Waals surface area (Å²) in [5, 5.41) is 5.36. The highest BCUT2D eigenvalue weighted by molar-refractivity contribution is 5.86. The molecule has 4 nitrogen and oxygen atoms in total. The molecule has 0 saturated carbocycles. The van der Waals surface area contributed by atoms with E-state index in [9.17, 15) is 0 Å². The van der Waals surface area contributed by atoms with Gasteiger partial charge in [0, 0.05) is 30.5 Å². The Morgan fingerprint density at radius 1 is 1.11 bits per heavy atom. The summed E-state index contributed by atoms with van der Waals surface area (Å²) in [6.45, 7) is 1.77. The molecule has 0 fully saturated rings. The third kappa shape index (κ3) is 1.86. The van der Waals surface area contributed by atoms with Gasteiger partial charge in [-0.05, 0) is 24.3 Å². The van der Waals surface area contributed by atoms with Gasteiger partial charge in [-0.15, -0.1) is 0 Å². The van der Waals surface area contributed by atoms with Gasteiger partial charge in [-0.25, -0.2) is 0 Å². The van der Waals surface area contributed by atoms with Crippen molar-refractivity contribution >= 4 is 10.9 Å². The van der Waals surface area contributed by atoms with Crippen molar-refractivity contribution < 1.29 is 4.74 Å². The lowest BCUT2D eigenvalue weighted by Gasteiger charge is -2.07. The van der Waals surface area contributed by atoms with Crippen molar-refractivity contribution in [3.8, 4) is 5.75 Å². The van der Waals surface area contributed by atoms with Gasteiger partial charge >= 0.3 is 0 Å². The van der Waals surface area contributed by atoms with Crippen LogP contribution in [0.25, 0.3) is 10.9 Å². The number of aryl methyl sites for hydroxylation is 2. The molecule has 0 unspecified atom stereocenters. The molecule has 0 aliphatic heterocycles. The Morgan fingerprint density at radius 2 is 2.06 bits per heavy atom. The van der Waals surface area contributed by atoms with Crippen molar-refractivity contribution in [2.24, 2.45) is 0 Å². The fourth-order valence-electron chi connectivity index (χ4n) is 2.21. The predicted molar refractivity (Wildman–Crippen MR) is 70.7 cm³/mol. The SMILES string of the molecule is COc1cccc2c1ccn2CCn1cccn1. The van der Waals surface area contributed by atoms with Gasteiger partial charge in [0.05, 0.1) is 19.2 Å². The van der Waals surface area contributed by atoms with Crippen molar-refractivity contribution in [3.63, 3.8) is 0 Å². The molecule has 0 saturated heterocycles. The van der Waals surface area contributed by atoms with Crippen LogP contribution in [0.4, 0.5) is 0 Å². The average Bonchev–Trinajstić information content (AvgIpc) is 3.05. The number of fused-ring (bicyclic) bond motifs is 1. The Hall–Kier alpha value is -2.23. The fraction of sp³-hybridized carbons (Fsp3) is 0.214. The second-order valence-corrected chi connectivity index (χ2v) is 4.17. The van der Waals surface area contributed by atoms with Gasteiger partial charge in [0.25, 0.3) is 0 Å². The summed E-state index contributed by atoms with van der Waals surface area (Å²) in [4.78, 5) is 0. The first-order valence-corrected chi connectivity index (χ1v) is 5.98. The molecular formula is C14H15N3O. The standard InChI is InChI=1S/C14H15N3O/c1-18-14-5-2-4-13-12(14)6-9-16(13)10-11-17-8-3-7-15-17/h2-9H,10-11H2,1H3. The monoisotopic (exact) mass is 241 g/mol. The number of ether oxygens (including phenoxy) is 1. The van der Waals surface area contributed by atoms with Crippen LogP contribution in [0.1, 0.15) is 0 Å². The average molecular weight is 241 g/mol. The maximum Gasteiger partial charge on any atom is 0.128 e. The first-order valence-electron chi connectivity index (χ1n) is 5.98. The molecule has 2 heterocycles. The van der Waals surface area contributed by atoms with Crippen LogP contribution in [0.15, 0.2) is 48.9 Å². The molecule has 0 bridgehead atoms. The zero-order chi connectivity index (χ0) is 12.4. The minimum atomic E-state index is 0.869. The van der Waals surface area contributed by atoms with Crippen molar-refractivity contribution in [2.45, 2.75) is 13.1 Å². The van der Waals surface area contributed by atoms with Crippen LogP contribution in [0.5, 0.6) is 5.75 Å². The van der Waals surface area contributed by atoms with Crippen LogP contribution < -0.4 is 4.74 Å². The van der Waals surface area contributed by atoms with E-state index >= 15 is 0 Å². The summed E-state index contributed by atoms with van der Waals surface area (Å²) in [5.74, 6) is 0.922.